The number of nitrogens with one attached hydrogen (secondary N) is 2. The summed E-state index contributed by atoms with van der Waals surface area (Å²) in [4.78, 5) is 11.5. The van der Waals surface area contributed by atoms with Crippen LogP contribution >= 0.6 is 0 Å². The van der Waals surface area contributed by atoms with Gasteiger partial charge in [0.2, 0.25) is 0 Å². The predicted octanol–water partition coefficient (Wildman–Crippen LogP) is 2.80. The van der Waals surface area contributed by atoms with Gasteiger partial charge in [0.15, 0.2) is 18.1 Å². The minimum atomic E-state index is -0.303. The van der Waals surface area contributed by atoms with E-state index in [4.69, 9.17) is 9.47 Å². The minimum absolute atomic E-state index is 0.0796. The molecule has 0 atom stereocenters. The normalized spacial score (nSPS) is 10.5. The molecule has 6 nitrogen and oxygen atoms in total. The molecule has 2 aromatic carbocycles. The van der Waals surface area contributed by atoms with Gasteiger partial charge in [-0.25, -0.2) is 4.39 Å². The number of hydrogen-bond acceptors (Lipinski definition) is 5. The highest BCUT2D eigenvalue weighted by atomic mass is 19.1. The molecule has 0 bridgehead atoms. The summed E-state index contributed by atoms with van der Waals surface area (Å²) in [5.74, 6) is 0.466. The largest absolute Gasteiger partial charge is 0.493 e. The zero-order valence-electron chi connectivity index (χ0n) is 14.1. The van der Waals surface area contributed by atoms with Crippen molar-refractivity contribution in [3.63, 3.8) is 0 Å². The van der Waals surface area contributed by atoms with E-state index in [1.807, 2.05) is 6.92 Å². The molecule has 0 saturated heterocycles. The Hall–Kier alpha value is -3.09. The summed E-state index contributed by atoms with van der Waals surface area (Å²) in [5, 5.41) is 6.74. The fraction of sp³-hybridized carbons (Fsp3) is 0.222. The molecule has 2 N–H and O–H groups in total. The Kier molecular flexibility index (Phi) is 6.76. The quantitative estimate of drug-likeness (QED) is 0.570. The lowest BCUT2D eigenvalue weighted by Crippen LogP contribution is -2.28. The van der Waals surface area contributed by atoms with Gasteiger partial charge in [-0.2, -0.15) is 5.10 Å². The molecule has 7 heteroatoms. The number of hydrazone groups is 1. The average Bonchev–Trinajstić information content (AvgIpc) is 2.62. The third kappa shape index (κ3) is 5.80. The van der Waals surface area contributed by atoms with Crippen LogP contribution in [0, 0.1) is 5.82 Å². The van der Waals surface area contributed by atoms with Crippen molar-refractivity contribution in [2.75, 3.05) is 25.7 Å². The van der Waals surface area contributed by atoms with Crippen LogP contribution in [0.1, 0.15) is 12.5 Å². The Morgan fingerprint density at radius 3 is 2.64 bits per heavy atom. The monoisotopic (exact) mass is 345 g/mol. The molecular formula is C18H20FN3O3. The lowest BCUT2D eigenvalue weighted by molar-refractivity contribution is -0.123. The van der Waals surface area contributed by atoms with Gasteiger partial charge < -0.3 is 14.8 Å². The van der Waals surface area contributed by atoms with E-state index < -0.39 is 0 Å². The average molecular weight is 345 g/mol. The first-order valence-electron chi connectivity index (χ1n) is 7.74. The number of benzene rings is 2. The number of ether oxygens (including phenoxy) is 2. The van der Waals surface area contributed by atoms with Crippen LogP contribution in [0.3, 0.4) is 0 Å². The second-order valence-corrected chi connectivity index (χ2v) is 5.03. The van der Waals surface area contributed by atoms with Crippen LogP contribution in [0.2, 0.25) is 0 Å². The third-order valence-electron chi connectivity index (χ3n) is 3.17. The van der Waals surface area contributed by atoms with Crippen molar-refractivity contribution in [3.05, 3.63) is 53.8 Å². The Morgan fingerprint density at radius 2 is 1.96 bits per heavy atom. The highest BCUT2D eigenvalue weighted by Gasteiger charge is 2.07. The number of rotatable bonds is 8. The first-order valence-corrected chi connectivity index (χ1v) is 7.74. The van der Waals surface area contributed by atoms with E-state index in [1.165, 1.54) is 19.2 Å². The van der Waals surface area contributed by atoms with Crippen molar-refractivity contribution in [1.29, 1.82) is 0 Å². The molecule has 2 aromatic rings. The first-order chi connectivity index (χ1) is 12.1. The standard InChI is InChI=1S/C18H20FN3O3/c1-3-20-18(23)12-25-16-9-4-13(10-17(16)24-2)11-21-22-15-7-5-14(19)6-8-15/h4-11,22H,3,12H2,1-2H3,(H,20,23)/b21-11-. The Labute approximate surface area is 145 Å². The summed E-state index contributed by atoms with van der Waals surface area (Å²) >= 11 is 0. The molecule has 0 aliphatic rings. The molecule has 0 saturated carbocycles. The highest BCUT2D eigenvalue weighted by Crippen LogP contribution is 2.27. The van der Waals surface area contributed by atoms with E-state index in [9.17, 15) is 9.18 Å². The van der Waals surface area contributed by atoms with E-state index >= 15 is 0 Å². The summed E-state index contributed by atoms with van der Waals surface area (Å²) in [6.07, 6.45) is 1.60. The third-order valence-corrected chi connectivity index (χ3v) is 3.17. The molecule has 0 aliphatic carbocycles. The number of hydrogen-bond donors (Lipinski definition) is 2. The number of likely N-dealkylation sites (N-methyl/N-ethyl adjacent to an activating group) is 1. The molecule has 0 heterocycles. The number of methoxy groups -OCH3 is 1. The van der Waals surface area contributed by atoms with Gasteiger partial charge in [0.25, 0.3) is 5.91 Å². The molecular weight excluding hydrogens is 325 g/mol. The van der Waals surface area contributed by atoms with Crippen LogP contribution in [-0.4, -0.2) is 32.4 Å². The van der Waals surface area contributed by atoms with E-state index in [0.29, 0.717) is 23.7 Å². The summed E-state index contributed by atoms with van der Waals surface area (Å²) in [7, 11) is 1.52. The number of carbonyl (C=O) groups is 1. The number of halogens is 1. The van der Waals surface area contributed by atoms with Gasteiger partial charge in [-0.15, -0.1) is 0 Å². The Morgan fingerprint density at radius 1 is 1.20 bits per heavy atom. The van der Waals surface area contributed by atoms with E-state index in [-0.39, 0.29) is 18.3 Å². The van der Waals surface area contributed by atoms with E-state index in [2.05, 4.69) is 15.8 Å². The number of amides is 1. The van der Waals surface area contributed by atoms with Gasteiger partial charge >= 0.3 is 0 Å². The fourth-order valence-electron chi connectivity index (χ4n) is 1.98. The summed E-state index contributed by atoms with van der Waals surface area (Å²) < 4.78 is 23.6. The number of nitrogens with zero attached hydrogens (tertiary/aromatic N) is 1. The number of anilines is 1. The fourth-order valence-corrected chi connectivity index (χ4v) is 1.98. The molecule has 132 valence electrons. The topological polar surface area (TPSA) is 72.0 Å². The van der Waals surface area contributed by atoms with Crippen molar-refractivity contribution in [2.24, 2.45) is 5.10 Å². The molecule has 0 fully saturated rings. The maximum absolute atomic E-state index is 12.8. The van der Waals surface area contributed by atoms with Gasteiger partial charge in [0.05, 0.1) is 19.0 Å². The predicted molar refractivity (Wildman–Crippen MR) is 94.8 cm³/mol. The molecule has 0 aliphatic heterocycles. The second-order valence-electron chi connectivity index (χ2n) is 5.03. The zero-order chi connectivity index (χ0) is 18.1. The van der Waals surface area contributed by atoms with Gasteiger partial charge in [-0.05, 0) is 55.0 Å². The SMILES string of the molecule is CCNC(=O)COc1ccc(/C=N\Nc2ccc(F)cc2)cc1OC. The van der Waals surface area contributed by atoms with E-state index in [1.54, 1.807) is 36.5 Å². The van der Waals surface area contributed by atoms with Crippen LogP contribution in [0.4, 0.5) is 10.1 Å². The molecule has 0 aromatic heterocycles. The summed E-state index contributed by atoms with van der Waals surface area (Å²) in [6.45, 7) is 2.31. The molecule has 0 radical (unpaired) electrons. The van der Waals surface area contributed by atoms with Gasteiger partial charge in [-0.1, -0.05) is 0 Å². The smallest absolute Gasteiger partial charge is 0.257 e. The van der Waals surface area contributed by atoms with Crippen molar-refractivity contribution >= 4 is 17.8 Å². The molecule has 0 spiro atoms. The molecule has 2 rings (SSSR count). The van der Waals surface area contributed by atoms with Crippen LogP contribution in [-0.2, 0) is 4.79 Å². The number of carbonyl (C=O) groups excluding carboxylic acids is 1. The highest BCUT2D eigenvalue weighted by molar-refractivity contribution is 5.81. The van der Waals surface area contributed by atoms with Crippen molar-refractivity contribution in [1.82, 2.24) is 5.32 Å². The minimum Gasteiger partial charge on any atom is -0.493 e. The van der Waals surface area contributed by atoms with Crippen LogP contribution in [0.25, 0.3) is 0 Å². The Bertz CT molecular complexity index is 733. The van der Waals surface area contributed by atoms with Crippen molar-refractivity contribution < 1.29 is 18.7 Å². The molecule has 25 heavy (non-hydrogen) atoms. The molecule has 0 unspecified atom stereocenters. The van der Waals surface area contributed by atoms with Crippen LogP contribution < -0.4 is 20.2 Å². The Balaban J connectivity index is 1.98. The van der Waals surface area contributed by atoms with Crippen molar-refractivity contribution in [3.8, 4) is 11.5 Å². The lowest BCUT2D eigenvalue weighted by Gasteiger charge is -2.11. The maximum atomic E-state index is 12.8. The maximum Gasteiger partial charge on any atom is 0.257 e. The summed E-state index contributed by atoms with van der Waals surface area (Å²) in [5.41, 5.74) is 4.25. The zero-order valence-corrected chi connectivity index (χ0v) is 14.1. The van der Waals surface area contributed by atoms with Crippen LogP contribution in [0.5, 0.6) is 11.5 Å². The van der Waals surface area contributed by atoms with Gasteiger partial charge in [-0.3, -0.25) is 10.2 Å². The van der Waals surface area contributed by atoms with Crippen molar-refractivity contribution in [2.45, 2.75) is 6.92 Å². The van der Waals surface area contributed by atoms with Gasteiger partial charge in [0.1, 0.15) is 5.82 Å². The first kappa shape index (κ1) is 18.3. The lowest BCUT2D eigenvalue weighted by atomic mass is 10.2. The van der Waals surface area contributed by atoms with Gasteiger partial charge in [0, 0.05) is 6.54 Å². The van der Waals surface area contributed by atoms with Crippen LogP contribution in [0.15, 0.2) is 47.6 Å². The van der Waals surface area contributed by atoms with E-state index in [0.717, 1.165) is 5.56 Å². The second kappa shape index (κ2) is 9.27. The summed E-state index contributed by atoms with van der Waals surface area (Å²) in [6, 6.07) is 11.1. The molecule has 1 amide bonds.